The fraction of sp³-hybridized carbons (Fsp3) is 0.400. The molecule has 0 atom stereocenters. The number of aromatic nitrogens is 1. The van der Waals surface area contributed by atoms with Crippen molar-refractivity contribution in [3.05, 3.63) is 41.4 Å². The molecule has 0 saturated heterocycles. The van der Waals surface area contributed by atoms with Crippen molar-refractivity contribution in [3.63, 3.8) is 0 Å². The second-order valence-electron chi connectivity index (χ2n) is 4.79. The molecular formula is C15H18N2O. The number of rotatable bonds is 3. The van der Waals surface area contributed by atoms with Crippen molar-refractivity contribution in [3.8, 4) is 0 Å². The van der Waals surface area contributed by atoms with Crippen LogP contribution >= 0.6 is 0 Å². The summed E-state index contributed by atoms with van der Waals surface area (Å²) in [4.78, 5) is 20.4. The van der Waals surface area contributed by atoms with Crippen molar-refractivity contribution in [2.24, 2.45) is 4.99 Å². The van der Waals surface area contributed by atoms with E-state index in [0.29, 0.717) is 12.1 Å². The molecule has 1 aromatic heterocycles. The van der Waals surface area contributed by atoms with Crippen LogP contribution in [0, 0.1) is 0 Å². The normalized spacial score (nSPS) is 17.2. The highest BCUT2D eigenvalue weighted by atomic mass is 16.1. The van der Waals surface area contributed by atoms with Gasteiger partial charge in [0.1, 0.15) is 5.70 Å². The van der Waals surface area contributed by atoms with Crippen LogP contribution in [0.5, 0.6) is 0 Å². The van der Waals surface area contributed by atoms with E-state index in [0.717, 1.165) is 36.1 Å². The third-order valence-corrected chi connectivity index (χ3v) is 3.11. The van der Waals surface area contributed by atoms with E-state index in [1.165, 1.54) is 0 Å². The molecule has 0 aliphatic heterocycles. The van der Waals surface area contributed by atoms with Gasteiger partial charge in [-0.2, -0.15) is 0 Å². The highest BCUT2D eigenvalue weighted by molar-refractivity contribution is 5.99. The van der Waals surface area contributed by atoms with Gasteiger partial charge < -0.3 is 0 Å². The fourth-order valence-electron chi connectivity index (χ4n) is 2.18. The number of hydrogen-bond donors (Lipinski definition) is 0. The Balaban J connectivity index is 2.15. The number of ketones is 1. The molecule has 0 spiro atoms. The lowest BCUT2D eigenvalue weighted by atomic mass is 9.96. The van der Waals surface area contributed by atoms with Crippen LogP contribution in [0.15, 0.2) is 40.8 Å². The minimum atomic E-state index is 0.185. The van der Waals surface area contributed by atoms with E-state index in [9.17, 15) is 4.79 Å². The summed E-state index contributed by atoms with van der Waals surface area (Å²) in [5, 5.41) is 0. The second-order valence-corrected chi connectivity index (χ2v) is 4.79. The molecule has 0 aromatic carbocycles. The molecule has 1 aromatic rings. The number of carbonyl (C=O) groups is 1. The standard InChI is InChI=1S/C15H18N2O/c1-11-5-3-7-14(18)15(11)17-12(2)9-13-6-4-8-16-10-13/h4,6,8,10H,3,5,7,9H2,1-2H3. The van der Waals surface area contributed by atoms with Crippen molar-refractivity contribution in [2.45, 2.75) is 39.5 Å². The molecule has 0 fully saturated rings. The molecule has 0 bridgehead atoms. The summed E-state index contributed by atoms with van der Waals surface area (Å²) >= 11 is 0. The van der Waals surface area contributed by atoms with E-state index < -0.39 is 0 Å². The Morgan fingerprint density at radius 3 is 2.94 bits per heavy atom. The fourth-order valence-corrected chi connectivity index (χ4v) is 2.18. The molecule has 0 unspecified atom stereocenters. The molecule has 18 heavy (non-hydrogen) atoms. The van der Waals surface area contributed by atoms with Gasteiger partial charge >= 0.3 is 0 Å². The molecule has 0 N–H and O–H groups in total. The van der Waals surface area contributed by atoms with Gasteiger partial charge in [-0.25, -0.2) is 0 Å². The van der Waals surface area contributed by atoms with E-state index in [4.69, 9.17) is 0 Å². The van der Waals surface area contributed by atoms with Crippen LogP contribution in [0.3, 0.4) is 0 Å². The molecule has 94 valence electrons. The first-order valence-corrected chi connectivity index (χ1v) is 6.33. The van der Waals surface area contributed by atoms with Crippen molar-refractivity contribution < 1.29 is 4.79 Å². The van der Waals surface area contributed by atoms with Crippen LogP contribution in [0.25, 0.3) is 0 Å². The number of pyridine rings is 1. The summed E-state index contributed by atoms with van der Waals surface area (Å²) in [7, 11) is 0. The maximum Gasteiger partial charge on any atom is 0.181 e. The number of allylic oxidation sites excluding steroid dienone is 2. The van der Waals surface area contributed by atoms with Gasteiger partial charge in [0.25, 0.3) is 0 Å². The number of hydrogen-bond acceptors (Lipinski definition) is 3. The Kier molecular flexibility index (Phi) is 4.03. The van der Waals surface area contributed by atoms with Gasteiger partial charge in [0, 0.05) is 30.9 Å². The summed E-state index contributed by atoms with van der Waals surface area (Å²) in [6.45, 7) is 3.97. The lowest BCUT2D eigenvalue weighted by molar-refractivity contribution is -0.116. The first-order valence-electron chi connectivity index (χ1n) is 6.33. The summed E-state index contributed by atoms with van der Waals surface area (Å²) in [5.41, 5.74) is 3.90. The third-order valence-electron chi connectivity index (χ3n) is 3.11. The smallest absolute Gasteiger partial charge is 0.181 e. The summed E-state index contributed by atoms with van der Waals surface area (Å²) in [6.07, 6.45) is 6.93. The Morgan fingerprint density at radius 1 is 1.44 bits per heavy atom. The largest absolute Gasteiger partial charge is 0.292 e. The molecule has 0 amide bonds. The quantitative estimate of drug-likeness (QED) is 0.764. The first-order chi connectivity index (χ1) is 8.66. The average Bonchev–Trinajstić information content (AvgIpc) is 2.35. The first kappa shape index (κ1) is 12.7. The Hall–Kier alpha value is -1.77. The van der Waals surface area contributed by atoms with E-state index >= 15 is 0 Å². The molecule has 1 aliphatic carbocycles. The van der Waals surface area contributed by atoms with Crippen LogP contribution in [0.4, 0.5) is 0 Å². The maximum absolute atomic E-state index is 11.8. The van der Waals surface area contributed by atoms with Crippen LogP contribution in [-0.2, 0) is 11.2 Å². The predicted octanol–water partition coefficient (Wildman–Crippen LogP) is 3.11. The van der Waals surface area contributed by atoms with Crippen molar-refractivity contribution in [2.75, 3.05) is 0 Å². The van der Waals surface area contributed by atoms with Crippen molar-refractivity contribution >= 4 is 11.5 Å². The minimum absolute atomic E-state index is 0.185. The average molecular weight is 242 g/mol. The topological polar surface area (TPSA) is 42.3 Å². The minimum Gasteiger partial charge on any atom is -0.292 e. The predicted molar refractivity (Wildman–Crippen MR) is 72.6 cm³/mol. The lowest BCUT2D eigenvalue weighted by Gasteiger charge is -2.13. The zero-order valence-electron chi connectivity index (χ0n) is 10.9. The van der Waals surface area contributed by atoms with E-state index in [-0.39, 0.29) is 5.78 Å². The molecule has 3 heteroatoms. The molecule has 2 rings (SSSR count). The van der Waals surface area contributed by atoms with Crippen LogP contribution < -0.4 is 0 Å². The summed E-state index contributed by atoms with van der Waals surface area (Å²) < 4.78 is 0. The molecular weight excluding hydrogens is 224 g/mol. The zero-order chi connectivity index (χ0) is 13.0. The van der Waals surface area contributed by atoms with Crippen LogP contribution in [0.2, 0.25) is 0 Å². The maximum atomic E-state index is 11.8. The highest BCUT2D eigenvalue weighted by Gasteiger charge is 2.17. The Bertz CT molecular complexity index is 500. The number of aliphatic imine (C=N–C) groups is 1. The highest BCUT2D eigenvalue weighted by Crippen LogP contribution is 2.22. The lowest BCUT2D eigenvalue weighted by Crippen LogP contribution is -2.11. The molecule has 0 saturated carbocycles. The van der Waals surface area contributed by atoms with Gasteiger partial charge in [-0.3, -0.25) is 14.8 Å². The van der Waals surface area contributed by atoms with Gasteiger partial charge in [0.2, 0.25) is 0 Å². The molecule has 1 heterocycles. The van der Waals surface area contributed by atoms with E-state index in [2.05, 4.69) is 9.98 Å². The van der Waals surface area contributed by atoms with Crippen LogP contribution in [-0.4, -0.2) is 16.5 Å². The Labute approximate surface area is 108 Å². The molecule has 3 nitrogen and oxygen atoms in total. The third kappa shape index (κ3) is 3.13. The number of carbonyl (C=O) groups excluding carboxylic acids is 1. The van der Waals surface area contributed by atoms with Crippen molar-refractivity contribution in [1.82, 2.24) is 4.98 Å². The molecule has 0 radical (unpaired) electrons. The monoisotopic (exact) mass is 242 g/mol. The van der Waals surface area contributed by atoms with Gasteiger partial charge in [0.05, 0.1) is 0 Å². The molecule has 1 aliphatic rings. The number of nitrogens with zero attached hydrogens (tertiary/aromatic N) is 2. The van der Waals surface area contributed by atoms with Gasteiger partial charge in [-0.05, 0) is 43.9 Å². The SMILES string of the molecule is CC(Cc1cccnc1)=NC1=C(C)CCCC1=O. The summed E-state index contributed by atoms with van der Waals surface area (Å²) in [5.74, 6) is 0.185. The van der Waals surface area contributed by atoms with Gasteiger partial charge in [-0.1, -0.05) is 6.07 Å². The Morgan fingerprint density at radius 2 is 2.28 bits per heavy atom. The van der Waals surface area contributed by atoms with E-state index in [1.54, 1.807) is 6.20 Å². The van der Waals surface area contributed by atoms with Gasteiger partial charge in [0.15, 0.2) is 5.78 Å². The van der Waals surface area contributed by atoms with Gasteiger partial charge in [-0.15, -0.1) is 0 Å². The van der Waals surface area contributed by atoms with Crippen LogP contribution in [0.1, 0.15) is 38.7 Å². The zero-order valence-corrected chi connectivity index (χ0v) is 10.9. The second kappa shape index (κ2) is 5.71. The van der Waals surface area contributed by atoms with E-state index in [1.807, 2.05) is 32.2 Å². The number of Topliss-reactive ketones (excluding diaryl/α,β-unsaturated/α-hetero) is 1. The van der Waals surface area contributed by atoms with Crippen molar-refractivity contribution in [1.29, 1.82) is 0 Å². The summed E-state index contributed by atoms with van der Waals surface area (Å²) in [6, 6.07) is 3.94.